The van der Waals surface area contributed by atoms with Gasteiger partial charge in [0, 0.05) is 24.5 Å². The van der Waals surface area contributed by atoms with Gasteiger partial charge in [-0.2, -0.15) is 0 Å². The molecule has 0 aliphatic rings. The van der Waals surface area contributed by atoms with Crippen molar-refractivity contribution in [3.8, 4) is 0 Å². The van der Waals surface area contributed by atoms with Crippen molar-refractivity contribution in [2.24, 2.45) is 0 Å². The van der Waals surface area contributed by atoms with Gasteiger partial charge in [0.1, 0.15) is 0 Å². The molecule has 0 heterocycles. The third-order valence-electron chi connectivity index (χ3n) is 1.62. The van der Waals surface area contributed by atoms with Crippen LogP contribution >= 0.6 is 0 Å². The summed E-state index contributed by atoms with van der Waals surface area (Å²) in [6.07, 6.45) is 0.209. The molecule has 1 aromatic rings. The summed E-state index contributed by atoms with van der Waals surface area (Å²) in [6.45, 7) is 15.5. The van der Waals surface area contributed by atoms with E-state index in [1.807, 2.05) is 25.1 Å². The van der Waals surface area contributed by atoms with Crippen molar-refractivity contribution in [2.45, 2.75) is 13.0 Å². The molecule has 1 aromatic carbocycles. The van der Waals surface area contributed by atoms with Crippen LogP contribution in [0, 0.1) is 20.0 Å². The zero-order chi connectivity index (χ0) is 13.4. The molecule has 0 saturated carbocycles. The summed E-state index contributed by atoms with van der Waals surface area (Å²) in [5.41, 5.74) is 1.23. The average molecular weight is 272 g/mol. The van der Waals surface area contributed by atoms with E-state index in [4.69, 9.17) is 18.7 Å². The molecule has 0 aromatic heterocycles. The molecule has 90 valence electrons. The van der Waals surface area contributed by atoms with Crippen LogP contribution in [0.5, 0.6) is 0 Å². The normalized spacial score (nSPS) is 8.00. The van der Waals surface area contributed by atoms with E-state index >= 15 is 0 Å². The Morgan fingerprint density at radius 1 is 0.941 bits per heavy atom. The predicted octanol–water partition coefficient (Wildman–Crippen LogP) is 2.28. The van der Waals surface area contributed by atoms with Crippen LogP contribution < -0.4 is 0 Å². The van der Waals surface area contributed by atoms with Crippen LogP contribution in [0.1, 0.15) is 18.6 Å². The number of methoxy groups -OCH3 is 1. The maximum atomic E-state index is 7.50. The van der Waals surface area contributed by atoms with Crippen molar-refractivity contribution in [2.75, 3.05) is 7.11 Å². The van der Waals surface area contributed by atoms with Gasteiger partial charge in [0.15, 0.2) is 0 Å². The van der Waals surface area contributed by atoms with Crippen molar-refractivity contribution in [3.05, 3.63) is 55.8 Å². The van der Waals surface area contributed by atoms with Crippen LogP contribution in [0.3, 0.4) is 0 Å². The number of rotatable bonds is 2. The van der Waals surface area contributed by atoms with E-state index in [-0.39, 0.29) is 23.5 Å². The van der Waals surface area contributed by atoms with Gasteiger partial charge in [-0.15, -0.1) is 0 Å². The summed E-state index contributed by atoms with van der Waals surface area (Å²) in [5.74, 6) is 0. The van der Waals surface area contributed by atoms with Gasteiger partial charge in [0.05, 0.1) is 6.10 Å². The van der Waals surface area contributed by atoms with Gasteiger partial charge in [0.2, 0.25) is 0 Å². The molecular weight excluding hydrogens is 260 g/mol. The molecule has 1 atom stereocenters. The third kappa shape index (κ3) is 14.9. The SMILES string of the molecule is CO[C@H](C)c1ccccc1.[C-]#[O+].[C-]#[O+].[C-]#[O+].[Cr]. The van der Waals surface area contributed by atoms with Gasteiger partial charge < -0.3 is 4.74 Å². The molecular formula is C12H12CrO4. The largest absolute Gasteiger partial charge is 0 e. The molecule has 0 radical (unpaired) electrons. The monoisotopic (exact) mass is 272 g/mol. The Hall–Kier alpha value is -1.07. The van der Waals surface area contributed by atoms with Crippen LogP contribution in [0.4, 0.5) is 0 Å². The Kier molecular flexibility index (Phi) is 35.6. The van der Waals surface area contributed by atoms with Gasteiger partial charge in [-0.3, -0.25) is 0 Å². The smallest absolute Gasteiger partial charge is 0 e. The van der Waals surface area contributed by atoms with Crippen LogP contribution in [0.25, 0.3) is 0 Å². The van der Waals surface area contributed by atoms with Crippen LogP contribution in [-0.4, -0.2) is 7.11 Å². The fourth-order valence-electron chi connectivity index (χ4n) is 0.860. The molecule has 0 bridgehead atoms. The second-order valence-corrected chi connectivity index (χ2v) is 2.29. The zero-order valence-electron chi connectivity index (χ0n) is 9.51. The topological polar surface area (TPSA) is 68.9 Å². The predicted molar refractivity (Wildman–Crippen MR) is 53.7 cm³/mol. The van der Waals surface area contributed by atoms with Crippen molar-refractivity contribution in [1.82, 2.24) is 0 Å². The molecule has 0 unspecified atom stereocenters. The summed E-state index contributed by atoms with van der Waals surface area (Å²) >= 11 is 0. The van der Waals surface area contributed by atoms with Crippen molar-refractivity contribution >= 4 is 0 Å². The van der Waals surface area contributed by atoms with E-state index in [0.717, 1.165) is 0 Å². The first kappa shape index (κ1) is 25.0. The van der Waals surface area contributed by atoms with Gasteiger partial charge in [-0.1, -0.05) is 30.3 Å². The number of hydrogen-bond donors (Lipinski definition) is 0. The number of ether oxygens (including phenoxy) is 1. The van der Waals surface area contributed by atoms with Gasteiger partial charge in [0.25, 0.3) is 0 Å². The number of hydrogen-bond acceptors (Lipinski definition) is 1. The van der Waals surface area contributed by atoms with E-state index in [9.17, 15) is 0 Å². The van der Waals surface area contributed by atoms with Gasteiger partial charge in [-0.25, -0.2) is 0 Å². The molecule has 4 nitrogen and oxygen atoms in total. The second-order valence-electron chi connectivity index (χ2n) is 2.29. The standard InChI is InChI=1S/C9H12O.3CO.Cr/c1-8(10-2)9-6-4-3-5-7-9;3*1-2;/h3-8H,1-2H3;;;;/t8-;;;;/m1..../s1. The first-order valence-electron chi connectivity index (χ1n) is 4.03. The first-order chi connectivity index (χ1) is 7.84. The molecule has 17 heavy (non-hydrogen) atoms. The minimum absolute atomic E-state index is 0. The first-order valence-corrected chi connectivity index (χ1v) is 4.03. The van der Waals surface area contributed by atoms with Crippen LogP contribution in [0.15, 0.2) is 30.3 Å². The van der Waals surface area contributed by atoms with Crippen molar-refractivity contribution < 1.29 is 36.1 Å². The van der Waals surface area contributed by atoms with Crippen LogP contribution in [0.2, 0.25) is 0 Å². The van der Waals surface area contributed by atoms with E-state index in [2.05, 4.69) is 32.1 Å². The van der Waals surface area contributed by atoms with Crippen LogP contribution in [-0.2, 0) is 36.1 Å². The summed E-state index contributed by atoms with van der Waals surface area (Å²) in [7, 11) is 1.72. The van der Waals surface area contributed by atoms with Gasteiger partial charge in [-0.05, 0) is 12.5 Å². The molecule has 1 rings (SSSR count). The summed E-state index contributed by atoms with van der Waals surface area (Å²) in [6, 6.07) is 10.2. The third-order valence-corrected chi connectivity index (χ3v) is 1.62. The average Bonchev–Trinajstić information content (AvgIpc) is 2.45. The summed E-state index contributed by atoms with van der Waals surface area (Å²) in [4.78, 5) is 0. The molecule has 0 N–H and O–H groups in total. The minimum Gasteiger partial charge on any atom is 0 e. The second kappa shape index (κ2) is 24.3. The Balaban J connectivity index is -0.000000106. The van der Waals surface area contributed by atoms with E-state index in [1.54, 1.807) is 7.11 Å². The van der Waals surface area contributed by atoms with Gasteiger partial charge >= 0.3 is 33.9 Å². The fraction of sp³-hybridized carbons (Fsp3) is 0.250. The minimum atomic E-state index is 0. The fourth-order valence-corrected chi connectivity index (χ4v) is 0.860. The van der Waals surface area contributed by atoms with E-state index in [1.165, 1.54) is 5.56 Å². The van der Waals surface area contributed by atoms with Crippen molar-refractivity contribution in [3.63, 3.8) is 0 Å². The molecule has 0 saturated heterocycles. The van der Waals surface area contributed by atoms with E-state index in [0.29, 0.717) is 0 Å². The quantitative estimate of drug-likeness (QED) is 0.601. The molecule has 5 heteroatoms. The summed E-state index contributed by atoms with van der Waals surface area (Å²) < 4.78 is 27.6. The van der Waals surface area contributed by atoms with Crippen molar-refractivity contribution in [1.29, 1.82) is 0 Å². The maximum Gasteiger partial charge on any atom is 0 e. The zero-order valence-corrected chi connectivity index (χ0v) is 10.8. The Bertz CT molecular complexity index is 278. The molecule has 0 spiro atoms. The Morgan fingerprint density at radius 3 is 1.59 bits per heavy atom. The molecule has 0 fully saturated rings. The molecule has 0 aliphatic carbocycles. The Labute approximate surface area is 112 Å². The van der Waals surface area contributed by atoms with E-state index < -0.39 is 0 Å². The number of benzene rings is 1. The maximum absolute atomic E-state index is 7.50. The summed E-state index contributed by atoms with van der Waals surface area (Å²) in [5, 5.41) is 0. The molecule has 0 aliphatic heterocycles. The molecule has 0 amide bonds. The Morgan fingerprint density at radius 2 is 1.29 bits per heavy atom.